The van der Waals surface area contributed by atoms with E-state index >= 15 is 0 Å². The molecule has 0 unspecified atom stereocenters. The highest BCUT2D eigenvalue weighted by Gasteiger charge is 2.42. The monoisotopic (exact) mass is 294 g/mol. The van der Waals surface area contributed by atoms with Crippen molar-refractivity contribution in [1.29, 1.82) is 0 Å². The van der Waals surface area contributed by atoms with Gasteiger partial charge in [0.25, 0.3) is 0 Å². The number of benzene rings is 1. The topological polar surface area (TPSA) is 41.1 Å². The summed E-state index contributed by atoms with van der Waals surface area (Å²) in [5.74, 6) is 0.180. The van der Waals surface area contributed by atoms with Crippen LogP contribution in [0.1, 0.15) is 25.7 Å². The molecular weight excluding hydrogens is 280 g/mol. The molecule has 1 aromatic carbocycles. The second-order valence-electron chi connectivity index (χ2n) is 4.99. The zero-order chi connectivity index (χ0) is 11.9. The normalized spacial score (nSPS) is 21.6. The molecular formula is C13H15BrN2O. The van der Waals surface area contributed by atoms with E-state index in [1.54, 1.807) is 0 Å². The standard InChI is InChI=1S/C13H15BrN2O/c14-9-3-4-10-11(7-9)16-12(17)13(8-15-10)5-1-2-6-13/h3-4,7,15H,1-2,5-6,8H2,(H,16,17). The number of nitrogens with one attached hydrogen (secondary N) is 2. The van der Waals surface area contributed by atoms with Crippen molar-refractivity contribution in [2.75, 3.05) is 17.2 Å². The molecule has 1 aliphatic carbocycles. The Labute approximate surface area is 109 Å². The van der Waals surface area contributed by atoms with Gasteiger partial charge in [0.1, 0.15) is 0 Å². The SMILES string of the molecule is O=C1Nc2cc(Br)ccc2NCC12CCCC2. The molecule has 0 radical (unpaired) electrons. The van der Waals surface area contributed by atoms with Crippen LogP contribution < -0.4 is 10.6 Å². The maximum atomic E-state index is 12.3. The molecule has 0 atom stereocenters. The highest BCUT2D eigenvalue weighted by Crippen LogP contribution is 2.42. The Hall–Kier alpha value is -1.03. The van der Waals surface area contributed by atoms with Crippen molar-refractivity contribution in [3.05, 3.63) is 22.7 Å². The van der Waals surface area contributed by atoms with Gasteiger partial charge in [0.2, 0.25) is 5.91 Å². The predicted molar refractivity (Wildman–Crippen MR) is 72.2 cm³/mol. The number of halogens is 1. The second kappa shape index (κ2) is 4.02. The van der Waals surface area contributed by atoms with Gasteiger partial charge in [-0.15, -0.1) is 0 Å². The smallest absolute Gasteiger partial charge is 0.232 e. The Kier molecular flexibility index (Phi) is 2.62. The Morgan fingerprint density at radius 3 is 2.71 bits per heavy atom. The number of carbonyl (C=O) groups excluding carboxylic acids is 1. The van der Waals surface area contributed by atoms with Gasteiger partial charge in [-0.3, -0.25) is 4.79 Å². The lowest BCUT2D eigenvalue weighted by Gasteiger charge is -2.24. The molecule has 1 spiro atoms. The highest BCUT2D eigenvalue weighted by molar-refractivity contribution is 9.10. The van der Waals surface area contributed by atoms with Crippen LogP contribution in [0, 0.1) is 5.41 Å². The van der Waals surface area contributed by atoms with Crippen LogP contribution in [0.4, 0.5) is 11.4 Å². The van der Waals surface area contributed by atoms with E-state index in [-0.39, 0.29) is 11.3 Å². The molecule has 1 heterocycles. The van der Waals surface area contributed by atoms with Crippen LogP contribution in [0.3, 0.4) is 0 Å². The van der Waals surface area contributed by atoms with E-state index in [9.17, 15) is 4.79 Å². The lowest BCUT2D eigenvalue weighted by atomic mass is 9.85. The number of hydrogen-bond donors (Lipinski definition) is 2. The summed E-state index contributed by atoms with van der Waals surface area (Å²) in [5, 5.41) is 6.48. The average molecular weight is 295 g/mol. The summed E-state index contributed by atoms with van der Waals surface area (Å²) in [6, 6.07) is 5.95. The number of anilines is 2. The van der Waals surface area contributed by atoms with Crippen LogP contribution in [-0.2, 0) is 4.79 Å². The first-order valence-corrected chi connectivity index (χ1v) is 6.84. The predicted octanol–water partition coefficient (Wildman–Crippen LogP) is 3.37. The van der Waals surface area contributed by atoms with Crippen LogP contribution in [0.25, 0.3) is 0 Å². The summed E-state index contributed by atoms with van der Waals surface area (Å²) < 4.78 is 0.987. The third-order valence-electron chi connectivity index (χ3n) is 3.89. The van der Waals surface area contributed by atoms with Crippen molar-refractivity contribution in [3.8, 4) is 0 Å². The minimum atomic E-state index is -0.189. The van der Waals surface area contributed by atoms with Crippen molar-refractivity contribution in [2.24, 2.45) is 5.41 Å². The van der Waals surface area contributed by atoms with Gasteiger partial charge in [-0.2, -0.15) is 0 Å². The van der Waals surface area contributed by atoms with Crippen LogP contribution in [0.15, 0.2) is 22.7 Å². The maximum Gasteiger partial charge on any atom is 0.232 e. The molecule has 1 amide bonds. The minimum Gasteiger partial charge on any atom is -0.382 e. The van der Waals surface area contributed by atoms with Gasteiger partial charge >= 0.3 is 0 Å². The molecule has 90 valence electrons. The van der Waals surface area contributed by atoms with E-state index in [0.717, 1.165) is 48.1 Å². The van der Waals surface area contributed by atoms with Crippen LogP contribution in [0.2, 0.25) is 0 Å². The van der Waals surface area contributed by atoms with Gasteiger partial charge in [0.05, 0.1) is 16.8 Å². The fraction of sp³-hybridized carbons (Fsp3) is 0.462. The molecule has 2 N–H and O–H groups in total. The van der Waals surface area contributed by atoms with Crippen LogP contribution in [0.5, 0.6) is 0 Å². The Bertz CT molecular complexity index is 466. The summed E-state index contributed by atoms with van der Waals surface area (Å²) in [7, 11) is 0. The van der Waals surface area contributed by atoms with Gasteiger partial charge in [-0.1, -0.05) is 28.8 Å². The van der Waals surface area contributed by atoms with E-state index in [1.165, 1.54) is 0 Å². The van der Waals surface area contributed by atoms with Crippen molar-refractivity contribution >= 4 is 33.2 Å². The molecule has 1 aliphatic heterocycles. The zero-order valence-corrected chi connectivity index (χ0v) is 11.1. The van der Waals surface area contributed by atoms with E-state index in [1.807, 2.05) is 18.2 Å². The van der Waals surface area contributed by atoms with Gasteiger partial charge in [0, 0.05) is 11.0 Å². The van der Waals surface area contributed by atoms with Crippen molar-refractivity contribution < 1.29 is 4.79 Å². The number of hydrogen-bond acceptors (Lipinski definition) is 2. The quantitative estimate of drug-likeness (QED) is 0.770. The summed E-state index contributed by atoms with van der Waals surface area (Å²) in [6.45, 7) is 0.757. The second-order valence-corrected chi connectivity index (χ2v) is 5.90. The molecule has 1 fully saturated rings. The first kappa shape index (κ1) is 11.1. The van der Waals surface area contributed by atoms with E-state index in [2.05, 4.69) is 26.6 Å². The summed E-state index contributed by atoms with van der Waals surface area (Å²) in [6.07, 6.45) is 4.33. The van der Waals surface area contributed by atoms with Gasteiger partial charge in [0.15, 0.2) is 0 Å². The van der Waals surface area contributed by atoms with E-state index in [4.69, 9.17) is 0 Å². The number of fused-ring (bicyclic) bond motifs is 1. The molecule has 1 saturated carbocycles. The lowest BCUT2D eigenvalue weighted by Crippen LogP contribution is -2.37. The third kappa shape index (κ3) is 1.84. The minimum absolute atomic E-state index is 0.180. The van der Waals surface area contributed by atoms with Gasteiger partial charge < -0.3 is 10.6 Å². The van der Waals surface area contributed by atoms with Gasteiger partial charge in [-0.25, -0.2) is 0 Å². The molecule has 0 saturated heterocycles. The Morgan fingerprint density at radius 1 is 1.18 bits per heavy atom. The Morgan fingerprint density at radius 2 is 1.94 bits per heavy atom. The van der Waals surface area contributed by atoms with E-state index < -0.39 is 0 Å². The maximum absolute atomic E-state index is 12.3. The van der Waals surface area contributed by atoms with Gasteiger partial charge in [-0.05, 0) is 31.0 Å². The fourth-order valence-electron chi connectivity index (χ4n) is 2.83. The first-order chi connectivity index (χ1) is 8.20. The average Bonchev–Trinajstić information content (AvgIpc) is 2.73. The fourth-order valence-corrected chi connectivity index (χ4v) is 3.19. The van der Waals surface area contributed by atoms with Crippen molar-refractivity contribution in [3.63, 3.8) is 0 Å². The number of carbonyl (C=O) groups is 1. The molecule has 0 aromatic heterocycles. The van der Waals surface area contributed by atoms with Crippen LogP contribution >= 0.6 is 15.9 Å². The van der Waals surface area contributed by atoms with Crippen molar-refractivity contribution in [1.82, 2.24) is 0 Å². The largest absolute Gasteiger partial charge is 0.382 e. The summed E-state index contributed by atoms with van der Waals surface area (Å²) >= 11 is 3.43. The zero-order valence-electron chi connectivity index (χ0n) is 9.55. The summed E-state index contributed by atoms with van der Waals surface area (Å²) in [4.78, 5) is 12.3. The molecule has 4 heteroatoms. The lowest BCUT2D eigenvalue weighted by molar-refractivity contribution is -0.124. The third-order valence-corrected chi connectivity index (χ3v) is 4.38. The number of rotatable bonds is 0. The van der Waals surface area contributed by atoms with E-state index in [0.29, 0.717) is 0 Å². The Balaban J connectivity index is 1.96. The molecule has 0 bridgehead atoms. The number of amides is 1. The molecule has 1 aromatic rings. The van der Waals surface area contributed by atoms with Crippen molar-refractivity contribution in [2.45, 2.75) is 25.7 Å². The molecule has 3 nitrogen and oxygen atoms in total. The highest BCUT2D eigenvalue weighted by atomic mass is 79.9. The summed E-state index contributed by atoms with van der Waals surface area (Å²) in [5.41, 5.74) is 1.71. The first-order valence-electron chi connectivity index (χ1n) is 6.05. The molecule has 17 heavy (non-hydrogen) atoms. The molecule has 2 aliphatic rings. The molecule has 3 rings (SSSR count). The van der Waals surface area contributed by atoms with Crippen LogP contribution in [-0.4, -0.2) is 12.5 Å².